The van der Waals surface area contributed by atoms with Gasteiger partial charge in [-0.05, 0) is 6.42 Å². The third-order valence-corrected chi connectivity index (χ3v) is 2.60. The molecule has 0 aromatic heterocycles. The Labute approximate surface area is 89.8 Å². The molecule has 0 aliphatic carbocycles. The first-order valence-electron chi connectivity index (χ1n) is 5.15. The van der Waals surface area contributed by atoms with Crippen LogP contribution in [0, 0.1) is 5.92 Å². The minimum atomic E-state index is -0.0652. The molecule has 0 aromatic carbocycles. The molecule has 5 heteroatoms. The van der Waals surface area contributed by atoms with Gasteiger partial charge in [0.1, 0.15) is 0 Å². The molecule has 1 atom stereocenters. The SMILES string of the molecule is COCCNC(=O)[C@H]1CCC(=O)N(C)C1. The summed E-state index contributed by atoms with van der Waals surface area (Å²) in [6.07, 6.45) is 1.13. The van der Waals surface area contributed by atoms with E-state index >= 15 is 0 Å². The predicted molar refractivity (Wildman–Crippen MR) is 55.2 cm³/mol. The second-order valence-corrected chi connectivity index (χ2v) is 3.79. The molecule has 0 aromatic rings. The van der Waals surface area contributed by atoms with Crippen molar-refractivity contribution >= 4 is 11.8 Å². The lowest BCUT2D eigenvalue weighted by Gasteiger charge is -2.28. The van der Waals surface area contributed by atoms with Crippen molar-refractivity contribution < 1.29 is 14.3 Å². The third-order valence-electron chi connectivity index (χ3n) is 2.60. The van der Waals surface area contributed by atoms with Crippen LogP contribution >= 0.6 is 0 Å². The summed E-state index contributed by atoms with van der Waals surface area (Å²) >= 11 is 0. The summed E-state index contributed by atoms with van der Waals surface area (Å²) in [4.78, 5) is 24.4. The first-order chi connectivity index (χ1) is 7.15. The van der Waals surface area contributed by atoms with Crippen LogP contribution in [0.5, 0.6) is 0 Å². The number of ether oxygens (including phenoxy) is 1. The molecular weight excluding hydrogens is 196 g/mol. The molecule has 1 fully saturated rings. The fourth-order valence-corrected chi connectivity index (χ4v) is 1.65. The Hall–Kier alpha value is -1.10. The standard InChI is InChI=1S/C10H18N2O3/c1-12-7-8(3-4-9(12)13)10(14)11-5-6-15-2/h8H,3-7H2,1-2H3,(H,11,14)/t8-/m0/s1. The van der Waals surface area contributed by atoms with Crippen LogP contribution in [0.25, 0.3) is 0 Å². The molecule has 0 unspecified atom stereocenters. The van der Waals surface area contributed by atoms with Gasteiger partial charge in [0.2, 0.25) is 11.8 Å². The maximum absolute atomic E-state index is 11.6. The predicted octanol–water partition coefficient (Wildman–Crippen LogP) is -0.383. The van der Waals surface area contributed by atoms with Gasteiger partial charge in [-0.15, -0.1) is 0 Å². The van der Waals surface area contributed by atoms with E-state index in [-0.39, 0.29) is 17.7 Å². The minimum absolute atomic E-state index is 0.0198. The van der Waals surface area contributed by atoms with Crippen LogP contribution in [-0.2, 0) is 14.3 Å². The average molecular weight is 214 g/mol. The van der Waals surface area contributed by atoms with Crippen LogP contribution in [0.2, 0.25) is 0 Å². The van der Waals surface area contributed by atoms with E-state index in [0.29, 0.717) is 32.5 Å². The van der Waals surface area contributed by atoms with E-state index in [9.17, 15) is 9.59 Å². The molecule has 15 heavy (non-hydrogen) atoms. The van der Waals surface area contributed by atoms with Crippen molar-refractivity contribution in [2.45, 2.75) is 12.8 Å². The van der Waals surface area contributed by atoms with Gasteiger partial charge in [0, 0.05) is 33.7 Å². The second-order valence-electron chi connectivity index (χ2n) is 3.79. The molecule has 2 amide bonds. The Morgan fingerprint density at radius 1 is 1.67 bits per heavy atom. The topological polar surface area (TPSA) is 58.6 Å². The van der Waals surface area contributed by atoms with Gasteiger partial charge in [-0.25, -0.2) is 0 Å². The molecule has 1 heterocycles. The Morgan fingerprint density at radius 2 is 2.40 bits per heavy atom. The van der Waals surface area contributed by atoms with Crippen LogP contribution < -0.4 is 5.32 Å². The number of nitrogens with one attached hydrogen (secondary N) is 1. The maximum Gasteiger partial charge on any atom is 0.224 e. The van der Waals surface area contributed by atoms with Gasteiger partial charge in [0.15, 0.2) is 0 Å². The summed E-state index contributed by atoms with van der Waals surface area (Å²) in [5, 5.41) is 2.79. The second kappa shape index (κ2) is 5.70. The van der Waals surface area contributed by atoms with Gasteiger partial charge in [0.05, 0.1) is 12.5 Å². The van der Waals surface area contributed by atoms with Gasteiger partial charge in [-0.3, -0.25) is 9.59 Å². The maximum atomic E-state index is 11.6. The largest absolute Gasteiger partial charge is 0.383 e. The number of methoxy groups -OCH3 is 1. The molecule has 0 saturated carbocycles. The van der Waals surface area contributed by atoms with Crippen LogP contribution in [-0.4, -0.2) is 50.6 Å². The van der Waals surface area contributed by atoms with Gasteiger partial charge in [-0.2, -0.15) is 0 Å². The number of carbonyl (C=O) groups excluding carboxylic acids is 2. The smallest absolute Gasteiger partial charge is 0.224 e. The number of amides is 2. The number of likely N-dealkylation sites (tertiary alicyclic amines) is 1. The third kappa shape index (κ3) is 3.51. The Morgan fingerprint density at radius 3 is 3.00 bits per heavy atom. The highest BCUT2D eigenvalue weighted by Gasteiger charge is 2.27. The van der Waals surface area contributed by atoms with Crippen LogP contribution in [0.3, 0.4) is 0 Å². The summed E-state index contributed by atoms with van der Waals surface area (Å²) in [5.74, 6) is 0.0758. The average Bonchev–Trinajstić information content (AvgIpc) is 2.22. The monoisotopic (exact) mass is 214 g/mol. The van der Waals surface area contributed by atoms with E-state index in [0.717, 1.165) is 0 Å². The zero-order valence-electron chi connectivity index (χ0n) is 9.28. The summed E-state index contributed by atoms with van der Waals surface area (Å²) in [6.45, 7) is 1.58. The highest BCUT2D eigenvalue weighted by atomic mass is 16.5. The lowest BCUT2D eigenvalue weighted by Crippen LogP contribution is -2.44. The fraction of sp³-hybridized carbons (Fsp3) is 0.800. The number of hydrogen-bond acceptors (Lipinski definition) is 3. The zero-order valence-corrected chi connectivity index (χ0v) is 9.28. The molecule has 1 aliphatic rings. The Kier molecular flexibility index (Phi) is 4.55. The highest BCUT2D eigenvalue weighted by molar-refractivity contribution is 5.83. The minimum Gasteiger partial charge on any atom is -0.383 e. The first-order valence-corrected chi connectivity index (χ1v) is 5.15. The molecule has 1 rings (SSSR count). The molecule has 86 valence electrons. The highest BCUT2D eigenvalue weighted by Crippen LogP contribution is 2.15. The number of hydrogen-bond donors (Lipinski definition) is 1. The summed E-state index contributed by atoms with van der Waals surface area (Å²) in [6, 6.07) is 0. The van der Waals surface area contributed by atoms with Crippen molar-refractivity contribution in [3.05, 3.63) is 0 Å². The van der Waals surface area contributed by atoms with Crippen molar-refractivity contribution in [3.8, 4) is 0 Å². The molecule has 0 spiro atoms. The van der Waals surface area contributed by atoms with Crippen LogP contribution in [0.1, 0.15) is 12.8 Å². The van der Waals surface area contributed by atoms with Crippen molar-refractivity contribution in [1.82, 2.24) is 10.2 Å². The quantitative estimate of drug-likeness (QED) is 0.649. The molecule has 1 N–H and O–H groups in total. The van der Waals surface area contributed by atoms with Crippen molar-refractivity contribution in [1.29, 1.82) is 0 Å². The number of nitrogens with zero attached hydrogens (tertiary/aromatic N) is 1. The van der Waals surface area contributed by atoms with E-state index in [4.69, 9.17) is 4.74 Å². The van der Waals surface area contributed by atoms with E-state index < -0.39 is 0 Å². The van der Waals surface area contributed by atoms with Gasteiger partial charge >= 0.3 is 0 Å². The van der Waals surface area contributed by atoms with E-state index in [2.05, 4.69) is 5.32 Å². The van der Waals surface area contributed by atoms with Crippen LogP contribution in [0.15, 0.2) is 0 Å². The van der Waals surface area contributed by atoms with Crippen molar-refractivity contribution in [3.63, 3.8) is 0 Å². The summed E-state index contributed by atoms with van der Waals surface area (Å²) in [7, 11) is 3.33. The van der Waals surface area contributed by atoms with Crippen LogP contribution in [0.4, 0.5) is 0 Å². The summed E-state index contributed by atoms with van der Waals surface area (Å²) in [5.41, 5.74) is 0. The number of piperidine rings is 1. The lowest BCUT2D eigenvalue weighted by molar-refractivity contribution is -0.136. The van der Waals surface area contributed by atoms with Crippen molar-refractivity contribution in [2.24, 2.45) is 5.92 Å². The lowest BCUT2D eigenvalue weighted by atomic mass is 9.97. The molecule has 0 bridgehead atoms. The summed E-state index contributed by atoms with van der Waals surface area (Å²) < 4.78 is 4.84. The zero-order chi connectivity index (χ0) is 11.3. The Balaban J connectivity index is 2.31. The normalized spacial score (nSPS) is 21.6. The molecule has 5 nitrogen and oxygen atoms in total. The molecule has 1 aliphatic heterocycles. The fourth-order valence-electron chi connectivity index (χ4n) is 1.65. The molecule has 1 saturated heterocycles. The van der Waals surface area contributed by atoms with Gasteiger partial charge in [-0.1, -0.05) is 0 Å². The van der Waals surface area contributed by atoms with E-state index in [1.54, 1.807) is 19.1 Å². The van der Waals surface area contributed by atoms with Gasteiger partial charge < -0.3 is 15.0 Å². The number of rotatable bonds is 4. The van der Waals surface area contributed by atoms with Crippen molar-refractivity contribution in [2.75, 3.05) is 33.9 Å². The molecular formula is C10H18N2O3. The number of carbonyl (C=O) groups is 2. The molecule has 0 radical (unpaired) electrons. The van der Waals surface area contributed by atoms with E-state index in [1.807, 2.05) is 0 Å². The van der Waals surface area contributed by atoms with Gasteiger partial charge in [0.25, 0.3) is 0 Å². The first kappa shape index (κ1) is 12.0. The Bertz CT molecular complexity index is 243. The van der Waals surface area contributed by atoms with E-state index in [1.165, 1.54) is 0 Å².